The van der Waals surface area contributed by atoms with Crippen molar-refractivity contribution in [2.75, 3.05) is 5.75 Å². The average Bonchev–Trinajstić information content (AvgIpc) is 3.26. The molecule has 1 atom stereocenters. The van der Waals surface area contributed by atoms with Crippen molar-refractivity contribution < 1.29 is 4.79 Å². The molecule has 1 unspecified atom stereocenters. The summed E-state index contributed by atoms with van der Waals surface area (Å²) in [4.78, 5) is 28.4. The third-order valence-corrected chi connectivity index (χ3v) is 7.85. The lowest BCUT2D eigenvalue weighted by Gasteiger charge is -2.23. The van der Waals surface area contributed by atoms with Crippen molar-refractivity contribution >= 4 is 51.3 Å². The van der Waals surface area contributed by atoms with Crippen molar-refractivity contribution in [1.29, 1.82) is 0 Å². The Labute approximate surface area is 231 Å². The van der Waals surface area contributed by atoms with Crippen LogP contribution in [0.2, 0.25) is 5.02 Å². The monoisotopic (exact) mass is 543 g/mol. The number of benzene rings is 3. The molecule has 0 bridgehead atoms. The van der Waals surface area contributed by atoms with Crippen LogP contribution >= 0.6 is 23.4 Å². The quantitative estimate of drug-likeness (QED) is 0.197. The third-order valence-electron chi connectivity index (χ3n) is 6.41. The predicted octanol–water partition coefficient (Wildman–Crippen LogP) is 7.31. The number of imidazole rings is 1. The Morgan fingerprint density at radius 2 is 1.82 bits per heavy atom. The molecule has 2 heterocycles. The minimum atomic E-state index is -0.307. The fourth-order valence-corrected chi connectivity index (χ4v) is 5.53. The highest BCUT2D eigenvalue weighted by Gasteiger charge is 2.26. The molecule has 0 spiro atoms. The van der Waals surface area contributed by atoms with E-state index >= 15 is 0 Å². The van der Waals surface area contributed by atoms with Gasteiger partial charge in [-0.3, -0.25) is 14.8 Å². The molecule has 0 aliphatic carbocycles. The Morgan fingerprint density at radius 1 is 1.00 bits per heavy atom. The lowest BCUT2D eigenvalue weighted by atomic mass is 10.0. The van der Waals surface area contributed by atoms with E-state index in [2.05, 4.69) is 64.9 Å². The summed E-state index contributed by atoms with van der Waals surface area (Å²) < 4.78 is 2.20. The summed E-state index contributed by atoms with van der Waals surface area (Å²) >= 11 is 8.14. The maximum atomic E-state index is 13.5. The number of hydrogen-bond donors (Lipinski definition) is 1. The van der Waals surface area contributed by atoms with Crippen molar-refractivity contribution in [1.82, 2.24) is 24.8 Å². The molecular formula is C30H30ClN5OS. The van der Waals surface area contributed by atoms with Crippen LogP contribution in [0.5, 0.6) is 0 Å². The van der Waals surface area contributed by atoms with E-state index < -0.39 is 0 Å². The lowest BCUT2D eigenvalue weighted by molar-refractivity contribution is 0.0922. The highest BCUT2D eigenvalue weighted by atomic mass is 35.5. The number of thioether (sulfide) groups is 1. The maximum absolute atomic E-state index is 13.5. The van der Waals surface area contributed by atoms with Crippen LogP contribution in [0, 0.1) is 5.92 Å². The van der Waals surface area contributed by atoms with Gasteiger partial charge in [-0.2, -0.15) is 0 Å². The zero-order chi connectivity index (χ0) is 26.6. The van der Waals surface area contributed by atoms with Crippen LogP contribution in [-0.4, -0.2) is 31.2 Å². The molecule has 0 aliphatic rings. The molecule has 5 aromatic rings. The van der Waals surface area contributed by atoms with Gasteiger partial charge in [-0.25, -0.2) is 4.98 Å². The molecule has 2 aromatic heterocycles. The largest absolute Gasteiger partial charge is 0.342 e. The van der Waals surface area contributed by atoms with Gasteiger partial charge in [-0.1, -0.05) is 44.5 Å². The number of carbonyl (C=O) groups is 1. The molecule has 0 saturated heterocycles. The van der Waals surface area contributed by atoms with Gasteiger partial charge < -0.3 is 9.88 Å². The van der Waals surface area contributed by atoms with E-state index in [0.717, 1.165) is 40.1 Å². The summed E-state index contributed by atoms with van der Waals surface area (Å²) in [6, 6.07) is 19.4. The molecule has 6 nitrogen and oxygen atoms in total. The molecule has 3 aromatic carbocycles. The van der Waals surface area contributed by atoms with Gasteiger partial charge in [-0.05, 0) is 72.2 Å². The number of aromatic nitrogens is 4. The van der Waals surface area contributed by atoms with Gasteiger partial charge in [0.05, 0.1) is 28.1 Å². The number of halogens is 1. The zero-order valence-electron chi connectivity index (χ0n) is 21.7. The fourth-order valence-electron chi connectivity index (χ4n) is 4.52. The Balaban J connectivity index is 1.54. The van der Waals surface area contributed by atoms with Crippen LogP contribution in [0.15, 0.2) is 78.0 Å². The first-order valence-electron chi connectivity index (χ1n) is 12.8. The Morgan fingerprint density at radius 3 is 2.58 bits per heavy atom. The molecule has 0 saturated carbocycles. The molecule has 0 radical (unpaired) electrons. The number of amides is 1. The van der Waals surface area contributed by atoms with Crippen LogP contribution in [-0.2, 0) is 6.54 Å². The lowest BCUT2D eigenvalue weighted by Crippen LogP contribution is -2.34. The smallest absolute Gasteiger partial charge is 0.251 e. The van der Waals surface area contributed by atoms with E-state index in [-0.39, 0.29) is 17.9 Å². The number of carbonyl (C=O) groups excluding carboxylic acids is 1. The summed E-state index contributed by atoms with van der Waals surface area (Å²) in [5.74, 6) is 1.81. The molecule has 8 heteroatoms. The van der Waals surface area contributed by atoms with Crippen LogP contribution in [0.1, 0.15) is 55.0 Å². The van der Waals surface area contributed by atoms with E-state index in [0.29, 0.717) is 22.6 Å². The first-order valence-corrected chi connectivity index (χ1v) is 14.2. The predicted molar refractivity (Wildman–Crippen MR) is 156 cm³/mol. The normalized spacial score (nSPS) is 12.3. The van der Waals surface area contributed by atoms with Crippen LogP contribution in [0.4, 0.5) is 0 Å². The minimum absolute atomic E-state index is 0.100. The van der Waals surface area contributed by atoms with Gasteiger partial charge in [-0.15, -0.1) is 11.8 Å². The Hall–Kier alpha value is -3.42. The second-order valence-electron chi connectivity index (χ2n) is 9.64. The summed E-state index contributed by atoms with van der Waals surface area (Å²) in [7, 11) is 0. The fraction of sp³-hybridized carbons (Fsp3) is 0.267. The standard InChI is InChI=1S/C30H30ClN5OS/c1-4-14-38-23-9-11-27-26(17-23)34-29(36(27)18-20-6-5-7-22(31)15-20)28(19(2)3)35-30(37)21-8-10-24-25(16-21)33-13-12-32-24/h5-13,15-17,19,28H,4,14,18H2,1-3H3,(H,35,37). The first-order chi connectivity index (χ1) is 18.4. The molecular weight excluding hydrogens is 514 g/mol. The van der Waals surface area contributed by atoms with Gasteiger partial charge in [0.25, 0.3) is 5.91 Å². The highest BCUT2D eigenvalue weighted by Crippen LogP contribution is 2.30. The minimum Gasteiger partial charge on any atom is -0.342 e. The van der Waals surface area contributed by atoms with E-state index in [1.54, 1.807) is 24.5 Å². The maximum Gasteiger partial charge on any atom is 0.251 e. The molecule has 38 heavy (non-hydrogen) atoms. The topological polar surface area (TPSA) is 72.7 Å². The molecule has 0 aliphatic heterocycles. The second-order valence-corrected chi connectivity index (χ2v) is 11.2. The molecule has 194 valence electrons. The van der Waals surface area contributed by atoms with Crippen molar-refractivity contribution in [3.63, 3.8) is 0 Å². The van der Waals surface area contributed by atoms with Crippen molar-refractivity contribution in [2.24, 2.45) is 5.92 Å². The summed E-state index contributed by atoms with van der Waals surface area (Å²) in [5, 5.41) is 3.95. The van der Waals surface area contributed by atoms with Crippen LogP contribution < -0.4 is 5.32 Å². The number of rotatable bonds is 9. The molecule has 1 N–H and O–H groups in total. The second kappa shape index (κ2) is 11.5. The van der Waals surface area contributed by atoms with Crippen molar-refractivity contribution in [3.05, 3.63) is 95.0 Å². The van der Waals surface area contributed by atoms with Crippen LogP contribution in [0.25, 0.3) is 22.1 Å². The summed E-state index contributed by atoms with van der Waals surface area (Å²) in [6.07, 6.45) is 4.39. The summed E-state index contributed by atoms with van der Waals surface area (Å²) in [6.45, 7) is 6.98. The van der Waals surface area contributed by atoms with E-state index in [9.17, 15) is 4.79 Å². The van der Waals surface area contributed by atoms with E-state index in [1.807, 2.05) is 36.0 Å². The van der Waals surface area contributed by atoms with Gasteiger partial charge in [0, 0.05) is 34.4 Å². The SMILES string of the molecule is CCCSc1ccc2c(c1)nc(C(NC(=O)c1ccc3nccnc3c1)C(C)C)n2Cc1cccc(Cl)c1. The third kappa shape index (κ3) is 5.69. The molecule has 5 rings (SSSR count). The van der Waals surface area contributed by atoms with Crippen LogP contribution in [0.3, 0.4) is 0 Å². The molecule has 1 amide bonds. The van der Waals surface area contributed by atoms with Gasteiger partial charge in [0.15, 0.2) is 0 Å². The average molecular weight is 544 g/mol. The van der Waals surface area contributed by atoms with E-state index in [4.69, 9.17) is 16.6 Å². The van der Waals surface area contributed by atoms with Gasteiger partial charge >= 0.3 is 0 Å². The number of nitrogens with zero attached hydrogens (tertiary/aromatic N) is 4. The Kier molecular flexibility index (Phi) is 7.95. The number of nitrogens with one attached hydrogen (secondary N) is 1. The van der Waals surface area contributed by atoms with Gasteiger partial charge in [0.2, 0.25) is 0 Å². The highest BCUT2D eigenvalue weighted by molar-refractivity contribution is 7.99. The van der Waals surface area contributed by atoms with E-state index in [1.165, 1.54) is 4.90 Å². The molecule has 0 fully saturated rings. The first kappa shape index (κ1) is 26.2. The Bertz CT molecular complexity index is 1600. The number of hydrogen-bond acceptors (Lipinski definition) is 5. The number of fused-ring (bicyclic) bond motifs is 2. The van der Waals surface area contributed by atoms with Crippen molar-refractivity contribution in [2.45, 2.75) is 44.7 Å². The van der Waals surface area contributed by atoms with Crippen molar-refractivity contribution in [3.8, 4) is 0 Å². The van der Waals surface area contributed by atoms with Gasteiger partial charge in [0.1, 0.15) is 5.82 Å². The summed E-state index contributed by atoms with van der Waals surface area (Å²) in [5.41, 5.74) is 5.01. The zero-order valence-corrected chi connectivity index (χ0v) is 23.3.